The Morgan fingerprint density at radius 3 is 2.10 bits per heavy atom. The van der Waals surface area contributed by atoms with E-state index in [1.807, 2.05) is 43.3 Å². The van der Waals surface area contributed by atoms with Crippen LogP contribution in [0.4, 0.5) is 5.69 Å². The van der Waals surface area contributed by atoms with Crippen LogP contribution in [0.2, 0.25) is 0 Å². The highest BCUT2D eigenvalue weighted by Crippen LogP contribution is 2.16. The van der Waals surface area contributed by atoms with Crippen LogP contribution in [-0.4, -0.2) is 20.5 Å². The summed E-state index contributed by atoms with van der Waals surface area (Å²) in [5.74, 6) is -0.392. The van der Waals surface area contributed by atoms with Crippen LogP contribution in [0, 0.1) is 0 Å². The van der Waals surface area contributed by atoms with E-state index in [-0.39, 0.29) is 4.90 Å². The third-order valence-corrected chi connectivity index (χ3v) is 5.48. The van der Waals surface area contributed by atoms with E-state index in [1.54, 1.807) is 24.4 Å². The number of benzene rings is 3. The maximum atomic E-state index is 12.3. The van der Waals surface area contributed by atoms with Crippen molar-refractivity contribution in [1.82, 2.24) is 5.43 Å². The van der Waals surface area contributed by atoms with Crippen LogP contribution in [0.15, 0.2) is 100 Å². The first kappa shape index (κ1) is 21.0. The molecule has 0 atom stereocenters. The van der Waals surface area contributed by atoms with E-state index in [1.165, 1.54) is 36.4 Å². The van der Waals surface area contributed by atoms with E-state index >= 15 is 0 Å². The molecular formula is C23H21N3O3S. The fourth-order valence-corrected chi connectivity index (χ4v) is 3.69. The average molecular weight is 420 g/mol. The first-order valence-corrected chi connectivity index (χ1v) is 10.7. The number of amides is 1. The van der Waals surface area contributed by atoms with Gasteiger partial charge in [-0.15, -0.1) is 0 Å². The first-order chi connectivity index (χ1) is 14.4. The predicted octanol–water partition coefficient (Wildman–Crippen LogP) is 4.31. The summed E-state index contributed by atoms with van der Waals surface area (Å²) in [5.41, 5.74) is 5.11. The number of carbonyl (C=O) groups excluding carboxylic acids is 1. The van der Waals surface area contributed by atoms with Crippen molar-refractivity contribution in [3.05, 3.63) is 102 Å². The van der Waals surface area contributed by atoms with Crippen LogP contribution in [0.5, 0.6) is 0 Å². The minimum Gasteiger partial charge on any atom is -0.280 e. The fourth-order valence-electron chi connectivity index (χ4n) is 2.61. The van der Waals surface area contributed by atoms with Gasteiger partial charge in [0.25, 0.3) is 15.9 Å². The lowest BCUT2D eigenvalue weighted by Crippen LogP contribution is -2.18. The molecule has 3 aromatic carbocycles. The van der Waals surface area contributed by atoms with Gasteiger partial charge in [-0.05, 0) is 54.5 Å². The molecule has 6 nitrogen and oxygen atoms in total. The maximum Gasteiger partial charge on any atom is 0.271 e. The summed E-state index contributed by atoms with van der Waals surface area (Å²) in [4.78, 5) is 12.4. The van der Waals surface area contributed by atoms with Gasteiger partial charge < -0.3 is 0 Å². The number of nitrogens with zero attached hydrogens (tertiary/aromatic N) is 1. The number of anilines is 1. The predicted molar refractivity (Wildman–Crippen MR) is 120 cm³/mol. The van der Waals surface area contributed by atoms with Crippen molar-refractivity contribution in [1.29, 1.82) is 0 Å². The molecule has 0 aromatic heterocycles. The summed E-state index contributed by atoms with van der Waals surface area (Å²) in [6.45, 7) is 1.89. The quantitative estimate of drug-likeness (QED) is 0.442. The van der Waals surface area contributed by atoms with Gasteiger partial charge in [-0.2, -0.15) is 5.10 Å². The third kappa shape index (κ3) is 5.89. The van der Waals surface area contributed by atoms with Crippen molar-refractivity contribution in [2.75, 3.05) is 4.72 Å². The molecule has 2 N–H and O–H groups in total. The monoisotopic (exact) mass is 419 g/mol. The highest BCUT2D eigenvalue weighted by Gasteiger charge is 2.13. The Morgan fingerprint density at radius 1 is 0.867 bits per heavy atom. The normalized spacial score (nSPS) is 12.0. The van der Waals surface area contributed by atoms with Crippen molar-refractivity contribution in [2.45, 2.75) is 11.8 Å². The highest BCUT2D eigenvalue weighted by molar-refractivity contribution is 7.92. The number of allylic oxidation sites excluding steroid dienone is 1. The van der Waals surface area contributed by atoms with E-state index in [0.29, 0.717) is 11.3 Å². The molecular weight excluding hydrogens is 398 g/mol. The van der Waals surface area contributed by atoms with Crippen LogP contribution < -0.4 is 10.1 Å². The van der Waals surface area contributed by atoms with Crippen LogP contribution in [0.25, 0.3) is 6.08 Å². The van der Waals surface area contributed by atoms with Crippen molar-refractivity contribution < 1.29 is 13.2 Å². The molecule has 0 aliphatic carbocycles. The van der Waals surface area contributed by atoms with E-state index in [9.17, 15) is 13.2 Å². The molecule has 0 saturated carbocycles. The van der Waals surface area contributed by atoms with E-state index in [4.69, 9.17) is 0 Å². The van der Waals surface area contributed by atoms with Gasteiger partial charge in [-0.25, -0.2) is 13.8 Å². The summed E-state index contributed by atoms with van der Waals surface area (Å²) < 4.78 is 27.2. The summed E-state index contributed by atoms with van der Waals surface area (Å²) in [5, 5.41) is 3.96. The second kappa shape index (κ2) is 9.67. The Bertz CT molecular complexity index is 1160. The Labute approximate surface area is 176 Å². The molecule has 0 radical (unpaired) electrons. The maximum absolute atomic E-state index is 12.3. The number of carbonyl (C=O) groups is 1. The van der Waals surface area contributed by atoms with Gasteiger partial charge in [0, 0.05) is 11.3 Å². The van der Waals surface area contributed by atoms with Crippen LogP contribution >= 0.6 is 0 Å². The molecule has 0 aliphatic heterocycles. The van der Waals surface area contributed by atoms with Gasteiger partial charge in [0.15, 0.2) is 0 Å². The topological polar surface area (TPSA) is 87.6 Å². The molecule has 0 saturated heterocycles. The summed E-state index contributed by atoms with van der Waals surface area (Å²) in [6.07, 6.45) is 3.51. The minimum absolute atomic E-state index is 0.167. The zero-order valence-corrected chi connectivity index (χ0v) is 17.1. The van der Waals surface area contributed by atoms with Gasteiger partial charge in [0.05, 0.1) is 11.1 Å². The van der Waals surface area contributed by atoms with Crippen molar-refractivity contribution in [3.8, 4) is 0 Å². The molecule has 0 unspecified atom stereocenters. The lowest BCUT2D eigenvalue weighted by atomic mass is 10.1. The SMILES string of the molecule is CC(=C/c1ccccc1)/C=N/NC(=O)c1ccc(NS(=O)(=O)c2ccccc2)cc1. The summed E-state index contributed by atoms with van der Waals surface area (Å²) in [6, 6.07) is 24.0. The lowest BCUT2D eigenvalue weighted by Gasteiger charge is -2.08. The van der Waals surface area contributed by atoms with Crippen molar-refractivity contribution in [3.63, 3.8) is 0 Å². The molecule has 3 aromatic rings. The van der Waals surface area contributed by atoms with Gasteiger partial charge >= 0.3 is 0 Å². The number of hydrazone groups is 1. The van der Waals surface area contributed by atoms with Gasteiger partial charge in [-0.1, -0.05) is 54.6 Å². The largest absolute Gasteiger partial charge is 0.280 e. The molecule has 0 heterocycles. The van der Waals surface area contributed by atoms with Crippen LogP contribution in [0.1, 0.15) is 22.8 Å². The molecule has 0 bridgehead atoms. The van der Waals surface area contributed by atoms with E-state index < -0.39 is 15.9 Å². The Morgan fingerprint density at radius 2 is 1.47 bits per heavy atom. The van der Waals surface area contributed by atoms with E-state index in [0.717, 1.165) is 11.1 Å². The fraction of sp³-hybridized carbons (Fsp3) is 0.0435. The number of sulfonamides is 1. The summed E-state index contributed by atoms with van der Waals surface area (Å²) >= 11 is 0. The van der Waals surface area contributed by atoms with Crippen molar-refractivity contribution in [2.24, 2.45) is 5.10 Å². The summed E-state index contributed by atoms with van der Waals surface area (Å²) in [7, 11) is -3.68. The third-order valence-electron chi connectivity index (χ3n) is 4.08. The van der Waals surface area contributed by atoms with Crippen LogP contribution in [0.3, 0.4) is 0 Å². The Balaban J connectivity index is 1.59. The standard InChI is InChI=1S/C23H21N3O3S/c1-18(16-19-8-4-2-5-9-19)17-24-25-23(27)20-12-14-21(15-13-20)26-30(28,29)22-10-6-3-7-11-22/h2-17,26H,1H3,(H,25,27)/b18-16-,24-17+. The molecule has 0 fully saturated rings. The van der Waals surface area contributed by atoms with Gasteiger partial charge in [-0.3, -0.25) is 9.52 Å². The molecule has 30 heavy (non-hydrogen) atoms. The molecule has 3 rings (SSSR count). The number of hydrogen-bond donors (Lipinski definition) is 2. The Hall–Kier alpha value is -3.71. The molecule has 152 valence electrons. The first-order valence-electron chi connectivity index (χ1n) is 9.19. The number of nitrogens with one attached hydrogen (secondary N) is 2. The molecule has 0 spiro atoms. The van der Waals surface area contributed by atoms with Gasteiger partial charge in [0.2, 0.25) is 0 Å². The van der Waals surface area contributed by atoms with Crippen molar-refractivity contribution >= 4 is 33.9 Å². The second-order valence-corrected chi connectivity index (χ2v) is 8.18. The average Bonchev–Trinajstić information content (AvgIpc) is 2.75. The Kier molecular flexibility index (Phi) is 6.77. The van der Waals surface area contributed by atoms with Crippen LogP contribution in [-0.2, 0) is 10.0 Å². The van der Waals surface area contributed by atoms with Gasteiger partial charge in [0.1, 0.15) is 0 Å². The molecule has 1 amide bonds. The highest BCUT2D eigenvalue weighted by atomic mass is 32.2. The zero-order chi connectivity index (χ0) is 21.4. The zero-order valence-electron chi connectivity index (χ0n) is 16.3. The number of rotatable bonds is 7. The lowest BCUT2D eigenvalue weighted by molar-refractivity contribution is 0.0955. The van der Waals surface area contributed by atoms with E-state index in [2.05, 4.69) is 15.2 Å². The minimum atomic E-state index is -3.68. The second-order valence-electron chi connectivity index (χ2n) is 6.49. The number of hydrogen-bond acceptors (Lipinski definition) is 4. The molecule has 0 aliphatic rings. The molecule has 7 heteroatoms. The smallest absolute Gasteiger partial charge is 0.271 e.